The molecule has 0 atom stereocenters. The highest BCUT2D eigenvalue weighted by Crippen LogP contribution is 2.50. The Hall–Kier alpha value is -4.38. The minimum absolute atomic E-state index is 0.884. The first-order valence-corrected chi connectivity index (χ1v) is 14.8. The monoisotopic (exact) mass is 595 g/mol. The van der Waals surface area contributed by atoms with Crippen LogP contribution in [-0.2, 0) is 0 Å². The third-order valence-corrected chi connectivity index (χ3v) is 9.43. The van der Waals surface area contributed by atoms with Crippen LogP contribution in [0.25, 0.3) is 53.2 Å². The molecule has 0 fully saturated rings. The topological polar surface area (TPSA) is 16.4 Å². The summed E-state index contributed by atoms with van der Waals surface area (Å²) >= 11 is 5.73. The van der Waals surface area contributed by atoms with Gasteiger partial charge in [-0.3, -0.25) is 0 Å². The number of anilines is 3. The standard InChI is InChI=1S/C36H22BrNOS/c37-28-16-6-7-17-29(28)38(31-18-10-15-26-25-13-5-9-20-33(25)40-36(26)31)30-22-21-24(23-11-2-1-3-12-23)35-34(30)27-14-4-8-19-32(27)39-35/h1-22H. The van der Waals surface area contributed by atoms with E-state index in [-0.39, 0.29) is 0 Å². The molecule has 0 spiro atoms. The van der Waals surface area contributed by atoms with Crippen molar-refractivity contribution in [1.29, 1.82) is 0 Å². The van der Waals surface area contributed by atoms with Gasteiger partial charge in [0.05, 0.1) is 27.1 Å². The number of hydrogen-bond donors (Lipinski definition) is 0. The molecular formula is C36H22BrNOS. The highest BCUT2D eigenvalue weighted by molar-refractivity contribution is 9.10. The van der Waals surface area contributed by atoms with Crippen molar-refractivity contribution in [2.45, 2.75) is 0 Å². The van der Waals surface area contributed by atoms with Gasteiger partial charge in [-0.2, -0.15) is 0 Å². The Labute approximate surface area is 243 Å². The number of rotatable bonds is 4. The number of thiophene rings is 1. The fourth-order valence-electron chi connectivity index (χ4n) is 5.77. The van der Waals surface area contributed by atoms with Gasteiger partial charge < -0.3 is 9.32 Å². The van der Waals surface area contributed by atoms with Crippen molar-refractivity contribution in [3.63, 3.8) is 0 Å². The molecule has 190 valence electrons. The first-order chi connectivity index (χ1) is 19.8. The van der Waals surface area contributed by atoms with Crippen molar-refractivity contribution in [3.05, 3.63) is 138 Å². The van der Waals surface area contributed by atoms with Gasteiger partial charge in [-0.1, -0.05) is 91.0 Å². The second-order valence-corrected chi connectivity index (χ2v) is 11.7. The Morgan fingerprint density at radius 3 is 2.12 bits per heavy atom. The highest BCUT2D eigenvalue weighted by Gasteiger charge is 2.25. The van der Waals surface area contributed by atoms with Gasteiger partial charge >= 0.3 is 0 Å². The van der Waals surface area contributed by atoms with Crippen molar-refractivity contribution in [1.82, 2.24) is 0 Å². The Balaban J connectivity index is 1.50. The summed E-state index contributed by atoms with van der Waals surface area (Å²) < 4.78 is 10.2. The Kier molecular flexibility index (Phi) is 5.51. The van der Waals surface area contributed by atoms with E-state index in [1.807, 2.05) is 23.5 Å². The van der Waals surface area contributed by atoms with E-state index in [9.17, 15) is 0 Å². The average Bonchev–Trinajstić information content (AvgIpc) is 3.58. The fraction of sp³-hybridized carbons (Fsp3) is 0. The van der Waals surface area contributed by atoms with Crippen molar-refractivity contribution < 1.29 is 4.42 Å². The first kappa shape index (κ1) is 23.5. The van der Waals surface area contributed by atoms with E-state index in [1.165, 1.54) is 20.2 Å². The molecule has 2 heterocycles. The van der Waals surface area contributed by atoms with Crippen LogP contribution >= 0.6 is 27.3 Å². The number of hydrogen-bond acceptors (Lipinski definition) is 3. The van der Waals surface area contributed by atoms with Gasteiger partial charge in [-0.05, 0) is 64.0 Å². The van der Waals surface area contributed by atoms with Crippen LogP contribution < -0.4 is 4.90 Å². The number of furan rings is 1. The van der Waals surface area contributed by atoms with E-state index in [0.29, 0.717) is 0 Å². The zero-order valence-electron chi connectivity index (χ0n) is 21.3. The molecule has 2 aromatic heterocycles. The minimum atomic E-state index is 0.884. The molecule has 0 saturated carbocycles. The molecule has 2 nitrogen and oxygen atoms in total. The molecule has 0 aliphatic heterocycles. The molecular weight excluding hydrogens is 574 g/mol. The molecule has 0 N–H and O–H groups in total. The van der Waals surface area contributed by atoms with Gasteiger partial charge in [0.2, 0.25) is 0 Å². The smallest absolute Gasteiger partial charge is 0.145 e. The van der Waals surface area contributed by atoms with Crippen molar-refractivity contribution in [3.8, 4) is 11.1 Å². The van der Waals surface area contributed by atoms with Crippen LogP contribution in [0.1, 0.15) is 0 Å². The summed E-state index contributed by atoms with van der Waals surface area (Å²) in [6.45, 7) is 0. The second kappa shape index (κ2) is 9.37. The maximum atomic E-state index is 6.63. The molecule has 40 heavy (non-hydrogen) atoms. The number of halogens is 1. The molecule has 0 radical (unpaired) electrons. The third-order valence-electron chi connectivity index (χ3n) is 7.55. The molecule has 0 aliphatic rings. The predicted molar refractivity (Wildman–Crippen MR) is 174 cm³/mol. The lowest BCUT2D eigenvalue weighted by atomic mass is 10.00. The van der Waals surface area contributed by atoms with Crippen LogP contribution in [0.5, 0.6) is 0 Å². The summed E-state index contributed by atoms with van der Waals surface area (Å²) in [5.41, 5.74) is 7.30. The Bertz CT molecular complexity index is 2190. The van der Waals surface area contributed by atoms with Gasteiger partial charge in [-0.25, -0.2) is 0 Å². The van der Waals surface area contributed by atoms with E-state index in [0.717, 1.165) is 54.6 Å². The lowest BCUT2D eigenvalue weighted by molar-refractivity contribution is 0.670. The lowest BCUT2D eigenvalue weighted by Crippen LogP contribution is -2.11. The Morgan fingerprint density at radius 1 is 0.550 bits per heavy atom. The normalized spacial score (nSPS) is 11.6. The number of benzene rings is 6. The third kappa shape index (κ3) is 3.60. The molecule has 8 rings (SSSR count). The first-order valence-electron chi connectivity index (χ1n) is 13.2. The zero-order chi connectivity index (χ0) is 26.6. The number of nitrogens with zero attached hydrogens (tertiary/aromatic N) is 1. The van der Waals surface area contributed by atoms with Crippen LogP contribution in [-0.4, -0.2) is 0 Å². The number of fused-ring (bicyclic) bond motifs is 6. The van der Waals surface area contributed by atoms with Crippen molar-refractivity contribution in [2.75, 3.05) is 4.90 Å². The summed E-state index contributed by atoms with van der Waals surface area (Å²) in [5.74, 6) is 0. The second-order valence-electron chi connectivity index (χ2n) is 9.84. The summed E-state index contributed by atoms with van der Waals surface area (Å²) in [6, 6.07) is 47.0. The maximum absolute atomic E-state index is 6.63. The minimum Gasteiger partial charge on any atom is -0.455 e. The molecule has 8 aromatic rings. The molecule has 0 amide bonds. The zero-order valence-corrected chi connectivity index (χ0v) is 23.7. The van der Waals surface area contributed by atoms with Gasteiger partial charge in [0.15, 0.2) is 0 Å². The molecule has 0 unspecified atom stereocenters. The van der Waals surface area contributed by atoms with Crippen LogP contribution in [0.15, 0.2) is 142 Å². The van der Waals surface area contributed by atoms with Crippen LogP contribution in [0, 0.1) is 0 Å². The predicted octanol–water partition coefficient (Wildman–Crippen LogP) is 11.9. The lowest BCUT2D eigenvalue weighted by Gasteiger charge is -2.28. The number of para-hydroxylation sites is 2. The van der Waals surface area contributed by atoms with E-state index < -0.39 is 0 Å². The van der Waals surface area contributed by atoms with Crippen LogP contribution in [0.4, 0.5) is 17.1 Å². The van der Waals surface area contributed by atoms with Gasteiger partial charge in [0, 0.05) is 30.9 Å². The van der Waals surface area contributed by atoms with Gasteiger partial charge in [-0.15, -0.1) is 11.3 Å². The van der Waals surface area contributed by atoms with Gasteiger partial charge in [0.25, 0.3) is 0 Å². The van der Waals surface area contributed by atoms with Gasteiger partial charge in [0.1, 0.15) is 11.2 Å². The van der Waals surface area contributed by atoms with E-state index >= 15 is 0 Å². The molecule has 0 aliphatic carbocycles. The van der Waals surface area contributed by atoms with E-state index in [1.54, 1.807) is 0 Å². The maximum Gasteiger partial charge on any atom is 0.145 e. The van der Waals surface area contributed by atoms with E-state index in [4.69, 9.17) is 4.42 Å². The largest absolute Gasteiger partial charge is 0.455 e. The highest BCUT2D eigenvalue weighted by atomic mass is 79.9. The van der Waals surface area contributed by atoms with Crippen LogP contribution in [0.2, 0.25) is 0 Å². The molecule has 0 bridgehead atoms. The van der Waals surface area contributed by atoms with Crippen LogP contribution in [0.3, 0.4) is 0 Å². The summed E-state index contributed by atoms with van der Waals surface area (Å²) in [6.07, 6.45) is 0. The molecule has 6 aromatic carbocycles. The summed E-state index contributed by atoms with van der Waals surface area (Å²) in [4.78, 5) is 2.39. The summed E-state index contributed by atoms with van der Waals surface area (Å²) in [5, 5.41) is 4.76. The fourth-order valence-corrected chi connectivity index (χ4v) is 7.44. The van der Waals surface area contributed by atoms with Crippen molar-refractivity contribution >= 4 is 86.4 Å². The molecule has 4 heteroatoms. The average molecular weight is 597 g/mol. The molecule has 0 saturated heterocycles. The van der Waals surface area contributed by atoms with E-state index in [2.05, 4.69) is 142 Å². The van der Waals surface area contributed by atoms with Crippen molar-refractivity contribution in [2.24, 2.45) is 0 Å². The quantitative estimate of drug-likeness (QED) is 0.201. The SMILES string of the molecule is Brc1ccccc1N(c1cccc2c1sc1ccccc12)c1ccc(-c2ccccc2)c2oc3ccccc3c12. The Morgan fingerprint density at radius 2 is 1.25 bits per heavy atom. The summed E-state index contributed by atoms with van der Waals surface area (Å²) in [7, 11) is 0.